The third kappa shape index (κ3) is 8.52. The number of nitrogens with zero attached hydrogens (tertiary/aromatic N) is 2. The first-order valence-electron chi connectivity index (χ1n) is 18.9. The van der Waals surface area contributed by atoms with Crippen LogP contribution in [0.25, 0.3) is 0 Å². The van der Waals surface area contributed by atoms with Crippen LogP contribution in [0.1, 0.15) is 54.4 Å². The van der Waals surface area contributed by atoms with Gasteiger partial charge in [0.25, 0.3) is 0 Å². The van der Waals surface area contributed by atoms with Crippen LogP contribution in [-0.4, -0.2) is 79.0 Å². The second kappa shape index (κ2) is 17.0. The number of hydrogen-bond donors (Lipinski definition) is 4. The average molecular weight is 748 g/mol. The number of anilines is 2. The molecule has 4 aromatic rings. The summed E-state index contributed by atoms with van der Waals surface area (Å²) in [5.74, 6) is -0.456. The first-order valence-corrected chi connectivity index (χ1v) is 18.9. The van der Waals surface area contributed by atoms with E-state index >= 15 is 0 Å². The average Bonchev–Trinajstić information content (AvgIpc) is 3.54. The van der Waals surface area contributed by atoms with E-state index < -0.39 is 29.9 Å². The summed E-state index contributed by atoms with van der Waals surface area (Å²) in [7, 11) is 1.30. The van der Waals surface area contributed by atoms with Gasteiger partial charge in [0.05, 0.1) is 32.6 Å². The molecular weight excluding hydrogens is 699 g/mol. The van der Waals surface area contributed by atoms with Gasteiger partial charge in [0, 0.05) is 48.9 Å². The van der Waals surface area contributed by atoms with Crippen LogP contribution in [0, 0.1) is 5.92 Å². The van der Waals surface area contributed by atoms with E-state index in [0.717, 1.165) is 41.0 Å². The summed E-state index contributed by atoms with van der Waals surface area (Å²) in [5.41, 5.74) is 4.50. The predicted molar refractivity (Wildman–Crippen MR) is 208 cm³/mol. The van der Waals surface area contributed by atoms with Gasteiger partial charge >= 0.3 is 12.0 Å². The van der Waals surface area contributed by atoms with Crippen LogP contribution < -0.4 is 20.9 Å². The van der Waals surface area contributed by atoms with Crippen molar-refractivity contribution in [2.24, 2.45) is 5.92 Å². The monoisotopic (exact) mass is 747 g/mol. The lowest BCUT2D eigenvalue weighted by atomic mass is 9.84. The van der Waals surface area contributed by atoms with E-state index in [-0.39, 0.29) is 30.6 Å². The van der Waals surface area contributed by atoms with Gasteiger partial charge in [-0.3, -0.25) is 4.79 Å². The molecule has 7 rings (SSSR count). The number of aliphatic hydroxyl groups excluding tert-OH is 1. The van der Waals surface area contributed by atoms with Crippen molar-refractivity contribution < 1.29 is 33.7 Å². The fourth-order valence-corrected chi connectivity index (χ4v) is 7.96. The Morgan fingerprint density at radius 3 is 2.20 bits per heavy atom. The van der Waals surface area contributed by atoms with Crippen LogP contribution in [0.5, 0.6) is 0 Å². The highest BCUT2D eigenvalue weighted by Crippen LogP contribution is 2.43. The normalized spacial score (nSPS) is 22.8. The van der Waals surface area contributed by atoms with Gasteiger partial charge in [0.2, 0.25) is 5.91 Å². The second-order valence-electron chi connectivity index (χ2n) is 14.6. The Balaban J connectivity index is 1.04. The summed E-state index contributed by atoms with van der Waals surface area (Å²) >= 11 is 0. The molecule has 3 aliphatic heterocycles. The number of methoxy groups -OCH3 is 1. The summed E-state index contributed by atoms with van der Waals surface area (Å²) < 4.78 is 18.3. The Hall–Kier alpha value is -5.27. The maximum Gasteiger partial charge on any atom is 0.328 e. The highest BCUT2D eigenvalue weighted by Gasteiger charge is 2.51. The van der Waals surface area contributed by atoms with E-state index in [1.54, 1.807) is 12.1 Å². The highest BCUT2D eigenvalue weighted by atomic mass is 16.7. The lowest BCUT2D eigenvalue weighted by Gasteiger charge is -2.46. The Kier molecular flexibility index (Phi) is 11.8. The van der Waals surface area contributed by atoms with Crippen LogP contribution in [0.15, 0.2) is 109 Å². The van der Waals surface area contributed by atoms with Gasteiger partial charge in [-0.05, 0) is 53.8 Å². The van der Waals surface area contributed by atoms with Gasteiger partial charge in [0.1, 0.15) is 11.6 Å². The number of carbonyl (C=O) groups excluding carboxylic acids is 3. The number of amides is 3. The van der Waals surface area contributed by atoms with E-state index in [0.29, 0.717) is 38.2 Å². The van der Waals surface area contributed by atoms with E-state index in [1.165, 1.54) is 7.11 Å². The number of rotatable bonds is 11. The summed E-state index contributed by atoms with van der Waals surface area (Å²) in [6, 6.07) is 33.3. The van der Waals surface area contributed by atoms with Crippen LogP contribution in [0.4, 0.5) is 16.2 Å². The zero-order valence-corrected chi connectivity index (χ0v) is 31.2. The van der Waals surface area contributed by atoms with Gasteiger partial charge in [-0.2, -0.15) is 0 Å². The number of urea groups is 1. The molecule has 3 aliphatic rings. The third-order valence-electron chi connectivity index (χ3n) is 11.2. The van der Waals surface area contributed by atoms with Gasteiger partial charge in [-0.15, -0.1) is 0 Å². The summed E-state index contributed by atoms with van der Waals surface area (Å²) in [5, 5.41) is 18.3. The van der Waals surface area contributed by atoms with E-state index in [2.05, 4.69) is 44.8 Å². The first-order chi connectivity index (χ1) is 26.8. The highest BCUT2D eigenvalue weighted by molar-refractivity contribution is 5.94. The molecule has 1 spiro atoms. The van der Waals surface area contributed by atoms with Crippen LogP contribution in [-0.2, 0) is 36.8 Å². The van der Waals surface area contributed by atoms with Crippen molar-refractivity contribution in [3.8, 4) is 0 Å². The number of nitrogens with one attached hydrogen (secondary N) is 3. The summed E-state index contributed by atoms with van der Waals surface area (Å²) in [6.07, 6.45) is 0.530. The molecular formula is C43H49N5O7. The van der Waals surface area contributed by atoms with Crippen LogP contribution in [0.3, 0.4) is 0 Å². The Labute approximate surface area is 321 Å². The van der Waals surface area contributed by atoms with E-state index in [9.17, 15) is 19.5 Å². The molecule has 3 saturated heterocycles. The number of ether oxygens (including phenoxy) is 3. The van der Waals surface area contributed by atoms with Crippen molar-refractivity contribution in [3.05, 3.63) is 131 Å². The molecule has 3 amide bonds. The second-order valence-corrected chi connectivity index (χ2v) is 14.6. The number of para-hydroxylation sites is 1. The molecule has 3 fully saturated rings. The lowest BCUT2D eigenvalue weighted by Crippen LogP contribution is -2.57. The zero-order chi connectivity index (χ0) is 38.4. The molecule has 4 aromatic carbocycles. The number of hydrogen-bond acceptors (Lipinski definition) is 9. The molecule has 12 heteroatoms. The number of aliphatic hydroxyl groups is 1. The topological polar surface area (TPSA) is 142 Å². The van der Waals surface area contributed by atoms with E-state index in [1.807, 2.05) is 84.9 Å². The van der Waals surface area contributed by atoms with Gasteiger partial charge < -0.3 is 45.1 Å². The van der Waals surface area contributed by atoms with Crippen molar-refractivity contribution in [2.75, 3.05) is 43.6 Å². The molecule has 288 valence electrons. The van der Waals surface area contributed by atoms with Crippen molar-refractivity contribution in [1.82, 2.24) is 15.5 Å². The third-order valence-corrected chi connectivity index (χ3v) is 11.2. The molecule has 0 saturated carbocycles. The lowest BCUT2D eigenvalue weighted by molar-refractivity contribution is -0.276. The minimum Gasteiger partial charge on any atom is -0.467 e. The Morgan fingerprint density at radius 1 is 0.891 bits per heavy atom. The Morgan fingerprint density at radius 2 is 1.55 bits per heavy atom. The van der Waals surface area contributed by atoms with Crippen molar-refractivity contribution in [3.63, 3.8) is 0 Å². The van der Waals surface area contributed by atoms with Crippen molar-refractivity contribution in [1.29, 1.82) is 0 Å². The van der Waals surface area contributed by atoms with Crippen molar-refractivity contribution >= 4 is 29.3 Å². The van der Waals surface area contributed by atoms with Gasteiger partial charge in [-0.1, -0.05) is 91.9 Å². The van der Waals surface area contributed by atoms with Crippen LogP contribution >= 0.6 is 0 Å². The largest absolute Gasteiger partial charge is 0.467 e. The van der Waals surface area contributed by atoms with Crippen molar-refractivity contribution in [2.45, 2.75) is 62.9 Å². The molecule has 4 N–H and O–H groups in total. The summed E-state index contributed by atoms with van der Waals surface area (Å²) in [6.45, 7) is 4.76. The predicted octanol–water partition coefficient (Wildman–Crippen LogP) is 5.30. The molecule has 0 aromatic heterocycles. The number of piperidine rings is 1. The summed E-state index contributed by atoms with van der Waals surface area (Å²) in [4.78, 5) is 43.4. The molecule has 12 nitrogen and oxygen atoms in total. The zero-order valence-electron chi connectivity index (χ0n) is 31.2. The fraction of sp³-hybridized carbons (Fsp3) is 0.372. The molecule has 5 atom stereocenters. The standard InChI is InChI=1S/C43H49N5O7/c1-29-37(26-47-23-21-43(22-24-47)41(51)44-28-48(43)35-11-7-4-8-12-35)54-40(55-38(29)32-15-13-31(27-49)14-16-32)33-17-19-34(20-18-33)45-42(52)46-36(39(50)53-2)25-30-9-5-3-6-10-30/h3-20,29,36-38,40,49H,21-28H2,1-2H3,(H,44,51)(H2,45,46,52)/t29-,36-,37+,38+,40+/m0/s1. The number of benzene rings is 4. The maximum absolute atomic E-state index is 13.3. The Bertz CT molecular complexity index is 1900. The molecule has 0 unspecified atom stereocenters. The minimum absolute atomic E-state index is 0.00834. The number of likely N-dealkylation sites (tertiary alicyclic amines) is 1. The smallest absolute Gasteiger partial charge is 0.328 e. The number of esters is 1. The van der Waals surface area contributed by atoms with Crippen LogP contribution in [0.2, 0.25) is 0 Å². The molecule has 0 radical (unpaired) electrons. The maximum atomic E-state index is 13.3. The molecule has 0 bridgehead atoms. The minimum atomic E-state index is -0.860. The van der Waals surface area contributed by atoms with E-state index in [4.69, 9.17) is 14.2 Å². The fourth-order valence-electron chi connectivity index (χ4n) is 7.96. The SMILES string of the molecule is COC(=O)[C@H](Cc1ccccc1)NC(=O)Nc1ccc([C@@H]2O[C@H](CN3CCC4(CC3)C(=O)NCN4c3ccccc3)[C@H](C)[C@H](c3ccc(CO)cc3)O2)cc1. The quantitative estimate of drug-likeness (QED) is 0.150. The molecule has 0 aliphatic carbocycles. The number of carbonyl (C=O) groups is 3. The molecule has 3 heterocycles. The first kappa shape index (κ1) is 38.0. The van der Waals surface area contributed by atoms with Gasteiger partial charge in [0.15, 0.2) is 6.29 Å². The van der Waals surface area contributed by atoms with Gasteiger partial charge in [-0.25, -0.2) is 9.59 Å². The molecule has 55 heavy (non-hydrogen) atoms.